The number of carbonyl (C=O) groups excluding carboxylic acids is 1. The topological polar surface area (TPSA) is 67.4 Å². The van der Waals surface area contributed by atoms with Gasteiger partial charge in [-0.25, -0.2) is 14.4 Å². The third kappa shape index (κ3) is 4.20. The van der Waals surface area contributed by atoms with Crippen molar-refractivity contribution in [2.24, 2.45) is 5.92 Å². The number of ether oxygens (including phenoxy) is 1. The number of halogens is 1. The van der Waals surface area contributed by atoms with Crippen LogP contribution in [0, 0.1) is 18.7 Å². The summed E-state index contributed by atoms with van der Waals surface area (Å²) in [5, 5.41) is 2.95. The van der Waals surface area contributed by atoms with Crippen LogP contribution >= 0.6 is 0 Å². The molecule has 0 aliphatic carbocycles. The Balaban J connectivity index is 1.56. The number of rotatable bonds is 5. The van der Waals surface area contributed by atoms with E-state index in [1.54, 1.807) is 13.0 Å². The van der Waals surface area contributed by atoms with Gasteiger partial charge in [-0.1, -0.05) is 12.1 Å². The molecule has 0 bridgehead atoms. The molecule has 1 unspecified atom stereocenters. The lowest BCUT2D eigenvalue weighted by molar-refractivity contribution is -0.120. The number of benzene rings is 2. The molecule has 2 aromatic carbocycles. The molecule has 0 saturated carbocycles. The lowest BCUT2D eigenvalue weighted by Gasteiger charge is -2.33. The summed E-state index contributed by atoms with van der Waals surface area (Å²) < 4.78 is 19.1. The highest BCUT2D eigenvalue weighted by Crippen LogP contribution is 2.31. The molecule has 1 atom stereocenters. The Kier molecular flexibility index (Phi) is 5.79. The molecule has 1 aliphatic rings. The molecule has 1 aliphatic heterocycles. The van der Waals surface area contributed by atoms with Crippen LogP contribution in [0.1, 0.15) is 25.3 Å². The van der Waals surface area contributed by atoms with Gasteiger partial charge in [0.15, 0.2) is 5.82 Å². The van der Waals surface area contributed by atoms with Crippen molar-refractivity contribution < 1.29 is 13.9 Å². The minimum atomic E-state index is -0.312. The van der Waals surface area contributed by atoms with Crippen molar-refractivity contribution in [2.45, 2.75) is 26.7 Å². The van der Waals surface area contributed by atoms with Gasteiger partial charge in [0.1, 0.15) is 5.82 Å². The SMILES string of the molecule is CCOc1nc2ccccc2nc1N1CCCC(C(=O)Nc2ccc(F)cc2C)C1. The molecule has 1 fully saturated rings. The van der Waals surface area contributed by atoms with E-state index in [0.717, 1.165) is 30.4 Å². The Hall–Kier alpha value is -3.22. The Morgan fingerprint density at radius 2 is 2.00 bits per heavy atom. The highest BCUT2D eigenvalue weighted by molar-refractivity contribution is 5.93. The van der Waals surface area contributed by atoms with E-state index < -0.39 is 0 Å². The third-order valence-corrected chi connectivity index (χ3v) is 5.34. The van der Waals surface area contributed by atoms with Gasteiger partial charge in [-0.05, 0) is 62.6 Å². The Bertz CT molecular complexity index is 1070. The number of aryl methyl sites for hydroxylation is 1. The minimum absolute atomic E-state index is 0.0684. The molecule has 4 rings (SSSR count). The number of nitrogens with zero attached hydrogens (tertiary/aromatic N) is 3. The second-order valence-electron chi connectivity index (χ2n) is 7.51. The number of hydrogen-bond acceptors (Lipinski definition) is 5. The molecule has 156 valence electrons. The number of carbonyl (C=O) groups is 1. The predicted molar refractivity (Wildman–Crippen MR) is 115 cm³/mol. The maximum absolute atomic E-state index is 13.3. The number of piperidine rings is 1. The van der Waals surface area contributed by atoms with Crippen molar-refractivity contribution in [3.05, 3.63) is 53.8 Å². The summed E-state index contributed by atoms with van der Waals surface area (Å²) >= 11 is 0. The van der Waals surface area contributed by atoms with E-state index in [0.29, 0.717) is 36.1 Å². The quantitative estimate of drug-likeness (QED) is 0.681. The number of nitrogens with one attached hydrogen (secondary N) is 1. The number of anilines is 2. The van der Waals surface area contributed by atoms with Gasteiger partial charge in [0, 0.05) is 18.8 Å². The molecular weight excluding hydrogens is 383 g/mol. The van der Waals surface area contributed by atoms with Crippen molar-refractivity contribution in [3.8, 4) is 5.88 Å². The van der Waals surface area contributed by atoms with Crippen LogP contribution in [0.5, 0.6) is 5.88 Å². The lowest BCUT2D eigenvalue weighted by atomic mass is 9.97. The second-order valence-corrected chi connectivity index (χ2v) is 7.51. The van der Waals surface area contributed by atoms with Gasteiger partial charge in [-0.2, -0.15) is 0 Å². The fourth-order valence-electron chi connectivity index (χ4n) is 3.80. The van der Waals surface area contributed by atoms with E-state index in [4.69, 9.17) is 9.72 Å². The zero-order valence-corrected chi connectivity index (χ0v) is 17.2. The molecule has 30 heavy (non-hydrogen) atoms. The number of para-hydroxylation sites is 2. The fraction of sp³-hybridized carbons (Fsp3) is 0.348. The van der Waals surface area contributed by atoms with Crippen LogP contribution in [0.4, 0.5) is 15.9 Å². The summed E-state index contributed by atoms with van der Waals surface area (Å²) in [5.41, 5.74) is 2.92. The zero-order valence-electron chi connectivity index (χ0n) is 17.2. The van der Waals surface area contributed by atoms with E-state index in [1.165, 1.54) is 12.1 Å². The van der Waals surface area contributed by atoms with Gasteiger partial charge in [-0.15, -0.1) is 0 Å². The molecule has 2 heterocycles. The Labute approximate surface area is 175 Å². The van der Waals surface area contributed by atoms with Crippen molar-refractivity contribution in [2.75, 3.05) is 29.9 Å². The predicted octanol–water partition coefficient (Wildman–Crippen LogP) is 4.33. The van der Waals surface area contributed by atoms with Gasteiger partial charge in [0.25, 0.3) is 5.88 Å². The van der Waals surface area contributed by atoms with Gasteiger partial charge >= 0.3 is 0 Å². The zero-order chi connectivity index (χ0) is 21.1. The number of hydrogen-bond donors (Lipinski definition) is 1. The first-order valence-corrected chi connectivity index (χ1v) is 10.3. The summed E-state index contributed by atoms with van der Waals surface area (Å²) in [4.78, 5) is 24.4. The average molecular weight is 408 g/mol. The van der Waals surface area contributed by atoms with Crippen molar-refractivity contribution in [1.29, 1.82) is 0 Å². The summed E-state index contributed by atoms with van der Waals surface area (Å²) in [6, 6.07) is 12.1. The number of amides is 1. The first-order valence-electron chi connectivity index (χ1n) is 10.3. The molecular formula is C23H25FN4O2. The van der Waals surface area contributed by atoms with Gasteiger partial charge in [-0.3, -0.25) is 4.79 Å². The number of fused-ring (bicyclic) bond motifs is 1. The monoisotopic (exact) mass is 408 g/mol. The molecule has 0 radical (unpaired) electrons. The Morgan fingerprint density at radius 3 is 2.73 bits per heavy atom. The maximum atomic E-state index is 13.3. The summed E-state index contributed by atoms with van der Waals surface area (Å²) in [5.74, 6) is 0.581. The van der Waals surface area contributed by atoms with Crippen LogP contribution in [0.3, 0.4) is 0 Å². The highest BCUT2D eigenvalue weighted by Gasteiger charge is 2.29. The first-order chi connectivity index (χ1) is 14.5. The van der Waals surface area contributed by atoms with Crippen LogP contribution in [0.25, 0.3) is 11.0 Å². The molecule has 0 spiro atoms. The fourth-order valence-corrected chi connectivity index (χ4v) is 3.80. The third-order valence-electron chi connectivity index (χ3n) is 5.34. The maximum Gasteiger partial charge on any atom is 0.258 e. The molecule has 7 heteroatoms. The first kappa shape index (κ1) is 20.1. The highest BCUT2D eigenvalue weighted by atomic mass is 19.1. The summed E-state index contributed by atoms with van der Waals surface area (Å²) in [6.07, 6.45) is 1.65. The lowest BCUT2D eigenvalue weighted by Crippen LogP contribution is -2.41. The van der Waals surface area contributed by atoms with Crippen molar-refractivity contribution in [3.63, 3.8) is 0 Å². The standard InChI is InChI=1S/C23H25FN4O2/c1-3-30-23-21(25-19-8-4-5-9-20(19)27-23)28-12-6-7-16(14-28)22(29)26-18-11-10-17(24)13-15(18)2/h4-5,8-11,13,16H,3,6-7,12,14H2,1-2H3,(H,26,29). The molecule has 1 saturated heterocycles. The Morgan fingerprint density at radius 1 is 1.23 bits per heavy atom. The normalized spacial score (nSPS) is 16.5. The molecule has 1 aromatic heterocycles. The largest absolute Gasteiger partial charge is 0.475 e. The second kappa shape index (κ2) is 8.65. The van der Waals surface area contributed by atoms with Gasteiger partial charge in [0.2, 0.25) is 5.91 Å². The summed E-state index contributed by atoms with van der Waals surface area (Å²) in [7, 11) is 0. The van der Waals surface area contributed by atoms with Gasteiger partial charge in [0.05, 0.1) is 23.6 Å². The van der Waals surface area contributed by atoms with Crippen molar-refractivity contribution in [1.82, 2.24) is 9.97 Å². The molecule has 6 nitrogen and oxygen atoms in total. The molecule has 3 aromatic rings. The van der Waals surface area contributed by atoms with Crippen molar-refractivity contribution >= 4 is 28.4 Å². The van der Waals surface area contributed by atoms with Crippen LogP contribution in [-0.4, -0.2) is 35.6 Å². The average Bonchev–Trinajstić information content (AvgIpc) is 2.75. The molecule has 1 N–H and O–H groups in total. The van der Waals surface area contributed by atoms with E-state index in [-0.39, 0.29) is 17.6 Å². The van der Waals surface area contributed by atoms with E-state index in [1.807, 2.05) is 31.2 Å². The van der Waals surface area contributed by atoms with Crippen LogP contribution in [-0.2, 0) is 4.79 Å². The van der Waals surface area contributed by atoms with Crippen LogP contribution < -0.4 is 15.0 Å². The summed E-state index contributed by atoms with van der Waals surface area (Å²) in [6.45, 7) is 5.50. The van der Waals surface area contributed by atoms with E-state index in [9.17, 15) is 9.18 Å². The van der Waals surface area contributed by atoms with Gasteiger partial charge < -0.3 is 15.0 Å². The van der Waals surface area contributed by atoms with E-state index >= 15 is 0 Å². The van der Waals surface area contributed by atoms with E-state index in [2.05, 4.69) is 15.2 Å². The van der Waals surface area contributed by atoms with Crippen LogP contribution in [0.2, 0.25) is 0 Å². The number of aromatic nitrogens is 2. The minimum Gasteiger partial charge on any atom is -0.475 e. The van der Waals surface area contributed by atoms with Crippen LogP contribution in [0.15, 0.2) is 42.5 Å². The smallest absolute Gasteiger partial charge is 0.258 e. The molecule has 1 amide bonds.